The molecule has 9 heteroatoms. The van der Waals surface area contributed by atoms with Crippen molar-refractivity contribution < 1.29 is 9.13 Å². The average Bonchev–Trinajstić information content (AvgIpc) is 3.40. The number of fused-ring (bicyclic) bond motifs is 7. The van der Waals surface area contributed by atoms with Crippen molar-refractivity contribution in [2.45, 2.75) is 51.7 Å². The third-order valence-corrected chi connectivity index (χ3v) is 6.86. The standard InChI is InChI=1S/C25H26FN7O/c1-4-33-23-20-11-28-24(27)25(29-20)34-13(2)17-10-14(26)8-9-16(17)22-18(12-32(3)31-22)15-6-5-7-19(30-33)21(15)23/h8-13,15H,4-7H2,1-3H3,(H2,27,28)/t13-,15-/m1/s1. The van der Waals surface area contributed by atoms with Gasteiger partial charge in [0.1, 0.15) is 17.6 Å². The fourth-order valence-electron chi connectivity index (χ4n) is 5.37. The molecule has 0 saturated carbocycles. The molecule has 6 rings (SSSR count). The third kappa shape index (κ3) is 3.10. The summed E-state index contributed by atoms with van der Waals surface area (Å²) in [6.45, 7) is 4.64. The van der Waals surface area contributed by atoms with E-state index in [0.29, 0.717) is 17.8 Å². The molecule has 0 saturated heterocycles. The maximum absolute atomic E-state index is 14.4. The van der Waals surface area contributed by atoms with Crippen LogP contribution in [0.1, 0.15) is 61.1 Å². The maximum atomic E-state index is 14.4. The minimum absolute atomic E-state index is 0.0825. The van der Waals surface area contributed by atoms with Gasteiger partial charge in [-0.15, -0.1) is 0 Å². The number of nitrogens with two attached hydrogens (primary N) is 1. The van der Waals surface area contributed by atoms with Gasteiger partial charge in [0.25, 0.3) is 5.88 Å². The largest absolute Gasteiger partial charge is 0.467 e. The lowest BCUT2D eigenvalue weighted by atomic mass is 9.79. The number of halogens is 1. The van der Waals surface area contributed by atoms with Crippen molar-refractivity contribution in [1.82, 2.24) is 29.5 Å². The summed E-state index contributed by atoms with van der Waals surface area (Å²) in [6.07, 6.45) is 6.14. The van der Waals surface area contributed by atoms with Gasteiger partial charge >= 0.3 is 0 Å². The van der Waals surface area contributed by atoms with E-state index in [9.17, 15) is 4.39 Å². The lowest BCUT2D eigenvalue weighted by molar-refractivity contribution is 0.218. The second kappa shape index (κ2) is 7.65. The number of anilines is 1. The Morgan fingerprint density at radius 1 is 1.24 bits per heavy atom. The smallest absolute Gasteiger partial charge is 0.258 e. The molecule has 0 fully saturated rings. The molecule has 1 aliphatic carbocycles. The van der Waals surface area contributed by atoms with Crippen LogP contribution in [0.4, 0.5) is 10.2 Å². The molecule has 1 aliphatic heterocycles. The van der Waals surface area contributed by atoms with Gasteiger partial charge in [0, 0.05) is 48.0 Å². The molecule has 34 heavy (non-hydrogen) atoms. The summed E-state index contributed by atoms with van der Waals surface area (Å²) >= 11 is 0. The predicted octanol–water partition coefficient (Wildman–Crippen LogP) is 4.40. The minimum atomic E-state index is -0.524. The number of rotatable bonds is 1. The van der Waals surface area contributed by atoms with E-state index in [4.69, 9.17) is 25.7 Å². The van der Waals surface area contributed by atoms with E-state index in [1.165, 1.54) is 12.1 Å². The Labute approximate surface area is 196 Å². The van der Waals surface area contributed by atoms with Crippen LogP contribution in [0.25, 0.3) is 22.6 Å². The summed E-state index contributed by atoms with van der Waals surface area (Å²) in [4.78, 5) is 9.18. The van der Waals surface area contributed by atoms with E-state index in [-0.39, 0.29) is 23.4 Å². The summed E-state index contributed by atoms with van der Waals surface area (Å²) in [7, 11) is 1.92. The second-order valence-corrected chi connectivity index (χ2v) is 9.01. The highest BCUT2D eigenvalue weighted by Crippen LogP contribution is 2.46. The van der Waals surface area contributed by atoms with Crippen LogP contribution in [0, 0.1) is 5.82 Å². The van der Waals surface area contributed by atoms with E-state index in [0.717, 1.165) is 53.0 Å². The molecule has 2 aliphatic rings. The van der Waals surface area contributed by atoms with Crippen molar-refractivity contribution in [1.29, 1.82) is 0 Å². The van der Waals surface area contributed by atoms with Gasteiger partial charge in [0.15, 0.2) is 5.82 Å². The number of benzene rings is 1. The summed E-state index contributed by atoms with van der Waals surface area (Å²) in [6, 6.07) is 4.76. The Hall–Kier alpha value is -3.75. The molecule has 174 valence electrons. The van der Waals surface area contributed by atoms with E-state index in [1.807, 2.05) is 23.3 Å². The first kappa shape index (κ1) is 20.8. The van der Waals surface area contributed by atoms with E-state index < -0.39 is 6.10 Å². The van der Waals surface area contributed by atoms with Gasteiger partial charge in [-0.1, -0.05) is 0 Å². The SMILES string of the molecule is CCn1nc2c3c1-c1cnc(N)c(n1)O[C@H](C)c1cc(F)ccc1-c1nn(C)cc1[C@H]3CCC2. The highest BCUT2D eigenvalue weighted by atomic mass is 19.1. The van der Waals surface area contributed by atoms with Crippen molar-refractivity contribution in [2.75, 3.05) is 5.73 Å². The molecule has 0 spiro atoms. The molecule has 0 amide bonds. The van der Waals surface area contributed by atoms with Gasteiger partial charge < -0.3 is 10.5 Å². The van der Waals surface area contributed by atoms with Crippen LogP contribution in [0.2, 0.25) is 0 Å². The zero-order valence-electron chi connectivity index (χ0n) is 19.4. The van der Waals surface area contributed by atoms with Crippen molar-refractivity contribution in [3.05, 3.63) is 58.8 Å². The molecule has 2 bridgehead atoms. The van der Waals surface area contributed by atoms with Crippen molar-refractivity contribution in [2.24, 2.45) is 7.05 Å². The van der Waals surface area contributed by atoms with Crippen LogP contribution in [0.5, 0.6) is 5.88 Å². The molecule has 3 aromatic heterocycles. The average molecular weight is 460 g/mol. The van der Waals surface area contributed by atoms with Crippen LogP contribution in [-0.4, -0.2) is 29.5 Å². The van der Waals surface area contributed by atoms with Crippen LogP contribution < -0.4 is 10.5 Å². The normalized spacial score (nSPS) is 18.7. The molecular formula is C25H26FN7O. The van der Waals surface area contributed by atoms with Crippen LogP contribution >= 0.6 is 0 Å². The molecular weight excluding hydrogens is 433 g/mol. The van der Waals surface area contributed by atoms with E-state index in [2.05, 4.69) is 18.1 Å². The lowest BCUT2D eigenvalue weighted by Gasteiger charge is -2.25. The number of ether oxygens (including phenoxy) is 1. The number of aryl methyl sites for hydroxylation is 3. The fraction of sp³-hybridized carbons (Fsp3) is 0.360. The maximum Gasteiger partial charge on any atom is 0.258 e. The highest BCUT2D eigenvalue weighted by Gasteiger charge is 2.34. The first-order valence-corrected chi connectivity index (χ1v) is 11.7. The fourth-order valence-corrected chi connectivity index (χ4v) is 5.37. The molecule has 4 aromatic rings. The summed E-state index contributed by atoms with van der Waals surface area (Å²) in [5.41, 5.74) is 13.5. The molecule has 0 radical (unpaired) electrons. The number of nitrogen functional groups attached to an aromatic ring is 1. The summed E-state index contributed by atoms with van der Waals surface area (Å²) in [5.74, 6) is 0.168. The van der Waals surface area contributed by atoms with Gasteiger partial charge in [0.05, 0.1) is 23.3 Å². The Morgan fingerprint density at radius 2 is 2.09 bits per heavy atom. The molecule has 2 N–H and O–H groups in total. The third-order valence-electron chi connectivity index (χ3n) is 6.86. The number of aromatic nitrogens is 6. The number of hydrogen-bond acceptors (Lipinski definition) is 6. The molecule has 0 unspecified atom stereocenters. The first-order valence-electron chi connectivity index (χ1n) is 11.7. The number of nitrogens with zero attached hydrogens (tertiary/aromatic N) is 6. The van der Waals surface area contributed by atoms with Gasteiger partial charge in [-0.05, 0) is 51.3 Å². The second-order valence-electron chi connectivity index (χ2n) is 9.01. The van der Waals surface area contributed by atoms with Gasteiger partial charge in [-0.3, -0.25) is 9.36 Å². The highest BCUT2D eigenvalue weighted by molar-refractivity contribution is 5.72. The van der Waals surface area contributed by atoms with E-state index in [1.54, 1.807) is 12.3 Å². The molecule has 4 heterocycles. The molecule has 1 aromatic carbocycles. The van der Waals surface area contributed by atoms with Crippen LogP contribution in [-0.2, 0) is 20.0 Å². The van der Waals surface area contributed by atoms with Gasteiger partial charge in [-0.2, -0.15) is 10.2 Å². The Kier molecular flexibility index (Phi) is 4.68. The first-order chi connectivity index (χ1) is 16.4. The summed E-state index contributed by atoms with van der Waals surface area (Å²) < 4.78 is 24.4. The monoisotopic (exact) mass is 459 g/mol. The van der Waals surface area contributed by atoms with Crippen LogP contribution in [0.15, 0.2) is 30.6 Å². The van der Waals surface area contributed by atoms with Gasteiger partial charge in [0.2, 0.25) is 0 Å². The molecule has 2 atom stereocenters. The predicted molar refractivity (Wildman–Crippen MR) is 126 cm³/mol. The Morgan fingerprint density at radius 3 is 2.91 bits per heavy atom. The zero-order chi connectivity index (χ0) is 23.6. The topological polar surface area (TPSA) is 96.7 Å². The molecule has 8 nitrogen and oxygen atoms in total. The van der Waals surface area contributed by atoms with E-state index >= 15 is 0 Å². The zero-order valence-corrected chi connectivity index (χ0v) is 19.4. The Bertz CT molecular complexity index is 1420. The van der Waals surface area contributed by atoms with Crippen LogP contribution in [0.3, 0.4) is 0 Å². The van der Waals surface area contributed by atoms with Crippen molar-refractivity contribution in [3.8, 4) is 28.5 Å². The lowest BCUT2D eigenvalue weighted by Crippen LogP contribution is -2.14. The number of hydrogen-bond donors (Lipinski definition) is 1. The quantitative estimate of drug-likeness (QED) is 0.453. The summed E-state index contributed by atoms with van der Waals surface area (Å²) in [5, 5.41) is 9.79. The van der Waals surface area contributed by atoms with Crippen molar-refractivity contribution >= 4 is 5.82 Å². The van der Waals surface area contributed by atoms with Gasteiger partial charge in [-0.25, -0.2) is 14.4 Å². The Balaban J connectivity index is 1.72. The minimum Gasteiger partial charge on any atom is -0.467 e. The van der Waals surface area contributed by atoms with Crippen molar-refractivity contribution in [3.63, 3.8) is 0 Å².